The van der Waals surface area contributed by atoms with Crippen molar-refractivity contribution in [3.63, 3.8) is 0 Å². The van der Waals surface area contributed by atoms with E-state index in [1.165, 1.54) is 0 Å². The van der Waals surface area contributed by atoms with E-state index in [0.717, 1.165) is 36.0 Å². The van der Waals surface area contributed by atoms with Crippen LogP contribution in [0.15, 0.2) is 22.6 Å². The van der Waals surface area contributed by atoms with Crippen molar-refractivity contribution >= 4 is 5.82 Å². The summed E-state index contributed by atoms with van der Waals surface area (Å²) in [5.74, 6) is 3.16. The Labute approximate surface area is 101 Å². The lowest BCUT2D eigenvalue weighted by Gasteiger charge is -2.05. The molecule has 0 atom stereocenters. The van der Waals surface area contributed by atoms with Gasteiger partial charge in [-0.15, -0.1) is 0 Å². The van der Waals surface area contributed by atoms with Crippen molar-refractivity contribution in [2.24, 2.45) is 0 Å². The van der Waals surface area contributed by atoms with E-state index in [4.69, 9.17) is 4.42 Å². The van der Waals surface area contributed by atoms with Gasteiger partial charge in [0.15, 0.2) is 11.6 Å². The fourth-order valence-electron chi connectivity index (χ4n) is 1.64. The molecule has 0 saturated heterocycles. The van der Waals surface area contributed by atoms with Crippen LogP contribution >= 0.6 is 0 Å². The molecule has 0 aliphatic rings. The fourth-order valence-corrected chi connectivity index (χ4v) is 1.64. The first kappa shape index (κ1) is 11.6. The predicted octanol–water partition coefficient (Wildman–Crippen LogP) is 3.04. The molecule has 0 aromatic carbocycles. The van der Waals surface area contributed by atoms with Gasteiger partial charge in [0.2, 0.25) is 0 Å². The van der Waals surface area contributed by atoms with Crippen LogP contribution in [0.3, 0.4) is 0 Å². The first-order chi connectivity index (χ1) is 8.22. The summed E-state index contributed by atoms with van der Waals surface area (Å²) in [5.41, 5.74) is 0.931. The van der Waals surface area contributed by atoms with Crippen LogP contribution in [0.4, 0.5) is 5.82 Å². The van der Waals surface area contributed by atoms with E-state index in [0.29, 0.717) is 5.82 Å². The van der Waals surface area contributed by atoms with Gasteiger partial charge in [-0.3, -0.25) is 0 Å². The van der Waals surface area contributed by atoms with E-state index in [9.17, 15) is 0 Å². The third-order valence-corrected chi connectivity index (χ3v) is 2.44. The molecule has 90 valence electrons. The van der Waals surface area contributed by atoms with E-state index in [2.05, 4.69) is 22.2 Å². The third kappa shape index (κ3) is 2.64. The molecule has 0 unspecified atom stereocenters. The lowest BCUT2D eigenvalue weighted by Crippen LogP contribution is -2.02. The van der Waals surface area contributed by atoms with Gasteiger partial charge < -0.3 is 9.73 Å². The molecule has 1 N–H and O–H groups in total. The number of aromatic nitrogens is 2. The molecule has 2 rings (SSSR count). The van der Waals surface area contributed by atoms with Crippen LogP contribution < -0.4 is 5.32 Å². The van der Waals surface area contributed by atoms with Gasteiger partial charge in [0.1, 0.15) is 11.6 Å². The van der Waals surface area contributed by atoms with E-state index in [1.807, 2.05) is 32.0 Å². The summed E-state index contributed by atoms with van der Waals surface area (Å²) >= 11 is 0. The maximum Gasteiger partial charge on any atom is 0.197 e. The van der Waals surface area contributed by atoms with E-state index in [-0.39, 0.29) is 0 Å². The Kier molecular flexibility index (Phi) is 3.42. The van der Waals surface area contributed by atoms with Gasteiger partial charge in [-0.2, -0.15) is 0 Å². The molecule has 0 amide bonds. The monoisotopic (exact) mass is 231 g/mol. The van der Waals surface area contributed by atoms with Crippen molar-refractivity contribution in [2.75, 3.05) is 11.9 Å². The Morgan fingerprint density at radius 3 is 2.71 bits per heavy atom. The van der Waals surface area contributed by atoms with Gasteiger partial charge in [0.25, 0.3) is 0 Å². The minimum Gasteiger partial charge on any atom is -0.458 e. The molecule has 0 aliphatic carbocycles. The molecule has 0 spiro atoms. The number of hydrogen-bond donors (Lipinski definition) is 1. The lowest BCUT2D eigenvalue weighted by atomic mass is 10.3. The lowest BCUT2D eigenvalue weighted by molar-refractivity contribution is 0.525. The van der Waals surface area contributed by atoms with Crippen LogP contribution in [0, 0.1) is 6.92 Å². The van der Waals surface area contributed by atoms with Crippen LogP contribution in [0.2, 0.25) is 0 Å². The summed E-state index contributed by atoms with van der Waals surface area (Å²) in [4.78, 5) is 8.81. The molecule has 0 fully saturated rings. The highest BCUT2D eigenvalue weighted by Gasteiger charge is 2.08. The third-order valence-electron chi connectivity index (χ3n) is 2.44. The molecule has 0 saturated carbocycles. The fraction of sp³-hybridized carbons (Fsp3) is 0.385. The number of hydrogen-bond acceptors (Lipinski definition) is 4. The zero-order chi connectivity index (χ0) is 12.3. The number of aryl methyl sites for hydroxylation is 2. The molecular weight excluding hydrogens is 214 g/mol. The Balaban J connectivity index is 2.37. The minimum atomic E-state index is 0.639. The summed E-state index contributed by atoms with van der Waals surface area (Å²) in [5, 5.41) is 3.19. The Hall–Kier alpha value is -1.84. The first-order valence-corrected chi connectivity index (χ1v) is 5.91. The highest BCUT2D eigenvalue weighted by molar-refractivity contribution is 5.51. The van der Waals surface area contributed by atoms with Crippen LogP contribution in [-0.4, -0.2) is 16.5 Å². The molecule has 2 aromatic heterocycles. The van der Waals surface area contributed by atoms with Gasteiger partial charge >= 0.3 is 0 Å². The van der Waals surface area contributed by atoms with Crippen molar-refractivity contribution in [1.82, 2.24) is 9.97 Å². The van der Waals surface area contributed by atoms with Crippen molar-refractivity contribution in [2.45, 2.75) is 27.2 Å². The number of nitrogens with one attached hydrogen (secondary N) is 1. The zero-order valence-corrected chi connectivity index (χ0v) is 10.4. The molecule has 0 bridgehead atoms. The van der Waals surface area contributed by atoms with Crippen LogP contribution in [-0.2, 0) is 6.42 Å². The average Bonchev–Trinajstić information content (AvgIpc) is 2.77. The number of rotatable bonds is 4. The SMILES string of the molecule is CCNc1cc(C)nc(-c2ccc(CC)o2)n1. The second kappa shape index (κ2) is 4.99. The topological polar surface area (TPSA) is 51.0 Å². The number of nitrogens with zero attached hydrogens (tertiary/aromatic N) is 2. The van der Waals surface area contributed by atoms with Crippen molar-refractivity contribution in [3.05, 3.63) is 29.7 Å². The van der Waals surface area contributed by atoms with Gasteiger partial charge in [0, 0.05) is 24.7 Å². The quantitative estimate of drug-likeness (QED) is 0.878. The average molecular weight is 231 g/mol. The molecule has 0 aliphatic heterocycles. The van der Waals surface area contributed by atoms with Gasteiger partial charge in [-0.25, -0.2) is 9.97 Å². The van der Waals surface area contributed by atoms with Crippen LogP contribution in [0.1, 0.15) is 25.3 Å². The summed E-state index contributed by atoms with van der Waals surface area (Å²) in [6.45, 7) is 6.90. The molecular formula is C13H17N3O. The predicted molar refractivity (Wildman–Crippen MR) is 68.0 cm³/mol. The first-order valence-electron chi connectivity index (χ1n) is 5.91. The molecule has 4 heteroatoms. The molecule has 0 radical (unpaired) electrons. The standard InChI is InChI=1S/C13H17N3O/c1-4-10-6-7-11(17-10)13-15-9(3)8-12(16-13)14-5-2/h6-8H,4-5H2,1-3H3,(H,14,15,16). The Morgan fingerprint density at radius 1 is 1.24 bits per heavy atom. The van der Waals surface area contributed by atoms with Crippen molar-refractivity contribution < 1.29 is 4.42 Å². The minimum absolute atomic E-state index is 0.639. The van der Waals surface area contributed by atoms with E-state index < -0.39 is 0 Å². The van der Waals surface area contributed by atoms with E-state index in [1.54, 1.807) is 0 Å². The van der Waals surface area contributed by atoms with Crippen LogP contribution in [0.25, 0.3) is 11.6 Å². The summed E-state index contributed by atoms with van der Waals surface area (Å²) in [6, 6.07) is 5.81. The summed E-state index contributed by atoms with van der Waals surface area (Å²) < 4.78 is 5.65. The Morgan fingerprint density at radius 2 is 2.06 bits per heavy atom. The molecule has 2 heterocycles. The van der Waals surface area contributed by atoms with Gasteiger partial charge in [-0.05, 0) is 26.0 Å². The molecule has 17 heavy (non-hydrogen) atoms. The molecule has 2 aromatic rings. The Bertz CT molecular complexity index is 505. The highest BCUT2D eigenvalue weighted by Crippen LogP contribution is 2.20. The maximum absolute atomic E-state index is 5.65. The van der Waals surface area contributed by atoms with Gasteiger partial charge in [0.05, 0.1) is 0 Å². The number of anilines is 1. The maximum atomic E-state index is 5.65. The normalized spacial score (nSPS) is 10.5. The van der Waals surface area contributed by atoms with Gasteiger partial charge in [-0.1, -0.05) is 6.92 Å². The molecule has 4 nitrogen and oxygen atoms in total. The zero-order valence-electron chi connectivity index (χ0n) is 10.4. The highest BCUT2D eigenvalue weighted by atomic mass is 16.3. The second-order valence-corrected chi connectivity index (χ2v) is 3.87. The van der Waals surface area contributed by atoms with Crippen LogP contribution in [0.5, 0.6) is 0 Å². The van der Waals surface area contributed by atoms with E-state index >= 15 is 0 Å². The summed E-state index contributed by atoms with van der Waals surface area (Å²) in [6.07, 6.45) is 0.881. The number of furan rings is 1. The summed E-state index contributed by atoms with van der Waals surface area (Å²) in [7, 11) is 0. The second-order valence-electron chi connectivity index (χ2n) is 3.87. The largest absolute Gasteiger partial charge is 0.458 e. The van der Waals surface area contributed by atoms with Crippen molar-refractivity contribution in [1.29, 1.82) is 0 Å². The van der Waals surface area contributed by atoms with Crippen molar-refractivity contribution in [3.8, 4) is 11.6 Å². The smallest absolute Gasteiger partial charge is 0.197 e.